The van der Waals surface area contributed by atoms with Crippen molar-refractivity contribution in [2.24, 2.45) is 0 Å². The first kappa shape index (κ1) is 5.72. The quantitative estimate of drug-likeness (QED) is 0.618. The minimum atomic E-state index is -0.416. The predicted octanol–water partition coefficient (Wildman–Crippen LogP) is 1.20. The van der Waals surface area contributed by atoms with E-state index in [1.807, 2.05) is 5.38 Å². The normalized spacial score (nSPS) is 13.8. The predicted molar refractivity (Wildman–Crippen MR) is 32.7 cm³/mol. The van der Waals surface area contributed by atoms with Crippen LogP contribution in [-0.2, 0) is 0 Å². The maximum absolute atomic E-state index is 8.86. The number of hydrogen-bond donors (Lipinski definition) is 1. The molecule has 0 amide bonds. The molecule has 8 heavy (non-hydrogen) atoms. The highest BCUT2D eigenvalue weighted by atomic mass is 32.1. The molecule has 2 nitrogen and oxygen atoms in total. The largest absolute Gasteiger partial charge is 0.387 e. The van der Waals surface area contributed by atoms with Crippen LogP contribution in [0.25, 0.3) is 0 Å². The molecule has 0 spiro atoms. The van der Waals surface area contributed by atoms with Gasteiger partial charge in [-0.3, -0.25) is 0 Å². The number of aliphatic hydroxyl groups is 1. The van der Waals surface area contributed by atoms with Crippen molar-refractivity contribution >= 4 is 11.3 Å². The fraction of sp³-hybridized carbons (Fsp3) is 0.400. The monoisotopic (exact) mass is 129 g/mol. The summed E-state index contributed by atoms with van der Waals surface area (Å²) in [7, 11) is 0. The zero-order valence-corrected chi connectivity index (χ0v) is 5.35. The standard InChI is InChI=1S/C5H7NOS/c1-4(7)5-2-8-3-6-5/h2-4,7H,1H3/t4-/m1/s1. The van der Waals surface area contributed by atoms with Gasteiger partial charge in [-0.25, -0.2) is 4.98 Å². The van der Waals surface area contributed by atoms with Gasteiger partial charge in [-0.1, -0.05) is 0 Å². The Balaban J connectivity index is 2.77. The van der Waals surface area contributed by atoms with Crippen molar-refractivity contribution in [2.45, 2.75) is 13.0 Å². The smallest absolute Gasteiger partial charge is 0.0940 e. The van der Waals surface area contributed by atoms with Gasteiger partial charge < -0.3 is 5.11 Å². The van der Waals surface area contributed by atoms with Gasteiger partial charge in [0.15, 0.2) is 0 Å². The zero-order chi connectivity index (χ0) is 5.98. The van der Waals surface area contributed by atoms with Gasteiger partial charge in [-0.2, -0.15) is 0 Å². The van der Waals surface area contributed by atoms with Gasteiger partial charge in [0.1, 0.15) is 0 Å². The van der Waals surface area contributed by atoms with Crippen LogP contribution in [0.3, 0.4) is 0 Å². The van der Waals surface area contributed by atoms with Gasteiger partial charge in [0.05, 0.1) is 17.3 Å². The maximum atomic E-state index is 8.86. The Labute approximate surface area is 51.8 Å². The minimum Gasteiger partial charge on any atom is -0.387 e. The van der Waals surface area contributed by atoms with Crippen LogP contribution in [0.15, 0.2) is 10.9 Å². The fourth-order valence-corrected chi connectivity index (χ4v) is 1.07. The first-order valence-corrected chi connectivity index (χ1v) is 3.31. The Morgan fingerprint density at radius 3 is 2.88 bits per heavy atom. The SMILES string of the molecule is C[C@@H](O)c1cscn1. The molecule has 1 heterocycles. The van der Waals surface area contributed by atoms with E-state index in [4.69, 9.17) is 5.11 Å². The number of nitrogens with zero attached hydrogens (tertiary/aromatic N) is 1. The Bertz CT molecular complexity index is 147. The highest BCUT2D eigenvalue weighted by Crippen LogP contribution is 2.09. The van der Waals surface area contributed by atoms with Crippen molar-refractivity contribution in [1.29, 1.82) is 0 Å². The average Bonchev–Trinajstić information content (AvgIpc) is 2.12. The average molecular weight is 129 g/mol. The second-order valence-corrected chi connectivity index (χ2v) is 2.31. The third-order valence-electron chi connectivity index (χ3n) is 0.879. The van der Waals surface area contributed by atoms with Gasteiger partial charge >= 0.3 is 0 Å². The summed E-state index contributed by atoms with van der Waals surface area (Å²) in [5, 5.41) is 10.7. The van der Waals surface area contributed by atoms with E-state index in [1.165, 1.54) is 11.3 Å². The Morgan fingerprint density at radius 1 is 1.88 bits per heavy atom. The highest BCUT2D eigenvalue weighted by molar-refractivity contribution is 7.07. The van der Waals surface area contributed by atoms with Crippen LogP contribution >= 0.6 is 11.3 Å². The molecular weight excluding hydrogens is 122 g/mol. The van der Waals surface area contributed by atoms with E-state index < -0.39 is 6.10 Å². The second kappa shape index (κ2) is 2.24. The first-order chi connectivity index (χ1) is 3.80. The van der Waals surface area contributed by atoms with Crippen LogP contribution < -0.4 is 0 Å². The van der Waals surface area contributed by atoms with E-state index in [2.05, 4.69) is 4.98 Å². The molecule has 1 atom stereocenters. The highest BCUT2D eigenvalue weighted by Gasteiger charge is 1.99. The van der Waals surface area contributed by atoms with E-state index in [9.17, 15) is 0 Å². The summed E-state index contributed by atoms with van der Waals surface area (Å²) in [6.45, 7) is 1.70. The molecule has 1 N–H and O–H groups in total. The van der Waals surface area contributed by atoms with Gasteiger partial charge in [0.2, 0.25) is 0 Å². The number of thiazole rings is 1. The number of rotatable bonds is 1. The van der Waals surface area contributed by atoms with Crippen LogP contribution in [0, 0.1) is 0 Å². The third kappa shape index (κ3) is 1.05. The van der Waals surface area contributed by atoms with Gasteiger partial charge in [0, 0.05) is 5.38 Å². The van der Waals surface area contributed by atoms with Crippen LogP contribution in [0.1, 0.15) is 18.7 Å². The molecule has 3 heteroatoms. The Morgan fingerprint density at radius 2 is 2.62 bits per heavy atom. The van der Waals surface area contributed by atoms with E-state index in [0.29, 0.717) is 0 Å². The topological polar surface area (TPSA) is 33.1 Å². The minimum absolute atomic E-state index is 0.416. The molecule has 0 radical (unpaired) electrons. The van der Waals surface area contributed by atoms with Crippen molar-refractivity contribution in [1.82, 2.24) is 4.98 Å². The van der Waals surface area contributed by atoms with Crippen LogP contribution in [-0.4, -0.2) is 10.1 Å². The third-order valence-corrected chi connectivity index (χ3v) is 1.48. The van der Waals surface area contributed by atoms with Crippen molar-refractivity contribution in [3.8, 4) is 0 Å². The lowest BCUT2D eigenvalue weighted by molar-refractivity contribution is 0.195. The molecule has 0 aromatic carbocycles. The summed E-state index contributed by atoms with van der Waals surface area (Å²) in [5.41, 5.74) is 2.47. The lowest BCUT2D eigenvalue weighted by Gasteiger charge is -1.94. The van der Waals surface area contributed by atoms with Crippen LogP contribution in [0.5, 0.6) is 0 Å². The summed E-state index contributed by atoms with van der Waals surface area (Å²) in [6, 6.07) is 0. The zero-order valence-electron chi connectivity index (χ0n) is 4.53. The maximum Gasteiger partial charge on any atom is 0.0940 e. The molecule has 44 valence electrons. The molecule has 0 aliphatic rings. The Hall–Kier alpha value is -0.410. The molecule has 0 saturated heterocycles. The summed E-state index contributed by atoms with van der Waals surface area (Å²) in [5.74, 6) is 0. The van der Waals surface area contributed by atoms with Crippen molar-refractivity contribution in [3.63, 3.8) is 0 Å². The Kier molecular flexibility index (Phi) is 1.60. The molecule has 0 aliphatic carbocycles. The molecule has 1 aromatic rings. The summed E-state index contributed by atoms with van der Waals surface area (Å²) in [6.07, 6.45) is -0.416. The van der Waals surface area contributed by atoms with Gasteiger partial charge in [0.25, 0.3) is 0 Å². The molecular formula is C5H7NOS. The molecule has 0 unspecified atom stereocenters. The second-order valence-electron chi connectivity index (χ2n) is 1.59. The molecule has 0 bridgehead atoms. The molecule has 0 fully saturated rings. The number of aromatic nitrogens is 1. The van der Waals surface area contributed by atoms with E-state index in [0.717, 1.165) is 5.69 Å². The molecule has 0 saturated carbocycles. The molecule has 1 rings (SSSR count). The number of aliphatic hydroxyl groups excluding tert-OH is 1. The summed E-state index contributed by atoms with van der Waals surface area (Å²) >= 11 is 1.50. The molecule has 1 aromatic heterocycles. The van der Waals surface area contributed by atoms with Gasteiger partial charge in [-0.05, 0) is 6.92 Å². The van der Waals surface area contributed by atoms with Crippen molar-refractivity contribution < 1.29 is 5.11 Å². The van der Waals surface area contributed by atoms with E-state index in [-0.39, 0.29) is 0 Å². The summed E-state index contributed by atoms with van der Waals surface area (Å²) < 4.78 is 0. The van der Waals surface area contributed by atoms with Crippen LogP contribution in [0.4, 0.5) is 0 Å². The first-order valence-electron chi connectivity index (χ1n) is 2.37. The van der Waals surface area contributed by atoms with Gasteiger partial charge in [-0.15, -0.1) is 11.3 Å². The molecule has 0 aliphatic heterocycles. The van der Waals surface area contributed by atoms with Crippen molar-refractivity contribution in [2.75, 3.05) is 0 Å². The summed E-state index contributed by atoms with van der Waals surface area (Å²) in [4.78, 5) is 3.88. The van der Waals surface area contributed by atoms with E-state index in [1.54, 1.807) is 12.4 Å². The lowest BCUT2D eigenvalue weighted by Crippen LogP contribution is -1.88. The van der Waals surface area contributed by atoms with Crippen molar-refractivity contribution in [3.05, 3.63) is 16.6 Å². The lowest BCUT2D eigenvalue weighted by atomic mass is 10.3. The fourth-order valence-electron chi connectivity index (χ4n) is 0.428. The van der Waals surface area contributed by atoms with Crippen LogP contribution in [0.2, 0.25) is 0 Å². The number of hydrogen-bond acceptors (Lipinski definition) is 3. The van der Waals surface area contributed by atoms with E-state index >= 15 is 0 Å².